The number of aromatic amines is 1. The molecule has 4 heterocycles. The molecule has 0 saturated carbocycles. The quantitative estimate of drug-likeness (QED) is 0.751. The van der Waals surface area contributed by atoms with Crippen LogP contribution in [0.3, 0.4) is 0 Å². The van der Waals surface area contributed by atoms with Gasteiger partial charge in [-0.05, 0) is 29.7 Å². The minimum Gasteiger partial charge on any atom is -0.381 e. The summed E-state index contributed by atoms with van der Waals surface area (Å²) in [5.74, 6) is -0.0667. The molecule has 3 aromatic rings. The van der Waals surface area contributed by atoms with Gasteiger partial charge in [0.25, 0.3) is 5.56 Å². The molecule has 0 radical (unpaired) electrons. The van der Waals surface area contributed by atoms with E-state index in [9.17, 15) is 9.90 Å². The SMILES string of the molecule is CC(C)[C@@]1(O)COCc2c1[nH]c(=O)c1sc(-c3ccncc3)cc21. The number of aliphatic hydroxyl groups is 1. The Hall–Kier alpha value is -2.02. The van der Waals surface area contributed by atoms with Crippen LogP contribution >= 0.6 is 11.3 Å². The third-order valence-electron chi connectivity index (χ3n) is 4.73. The van der Waals surface area contributed by atoms with E-state index in [0.29, 0.717) is 17.0 Å². The molecule has 24 heavy (non-hydrogen) atoms. The van der Waals surface area contributed by atoms with Crippen molar-refractivity contribution in [1.82, 2.24) is 9.97 Å². The van der Waals surface area contributed by atoms with Crippen molar-refractivity contribution in [3.05, 3.63) is 52.2 Å². The van der Waals surface area contributed by atoms with Gasteiger partial charge < -0.3 is 14.8 Å². The zero-order valence-electron chi connectivity index (χ0n) is 13.5. The van der Waals surface area contributed by atoms with Crippen LogP contribution in [0.25, 0.3) is 20.5 Å². The Morgan fingerprint density at radius 2 is 2.12 bits per heavy atom. The predicted octanol–water partition coefficient (Wildman–Crippen LogP) is 3.03. The first kappa shape index (κ1) is 15.5. The van der Waals surface area contributed by atoms with E-state index in [0.717, 1.165) is 21.4 Å². The van der Waals surface area contributed by atoms with E-state index in [4.69, 9.17) is 4.74 Å². The Labute approximate surface area is 143 Å². The number of thiophene rings is 1. The van der Waals surface area contributed by atoms with Crippen molar-refractivity contribution in [1.29, 1.82) is 0 Å². The van der Waals surface area contributed by atoms with E-state index in [1.165, 1.54) is 11.3 Å². The summed E-state index contributed by atoms with van der Waals surface area (Å²) in [6.07, 6.45) is 3.47. The van der Waals surface area contributed by atoms with Crippen molar-refractivity contribution in [2.45, 2.75) is 26.1 Å². The number of aromatic nitrogens is 2. The van der Waals surface area contributed by atoms with Gasteiger partial charge in [0.05, 0.1) is 18.9 Å². The van der Waals surface area contributed by atoms with Crippen molar-refractivity contribution in [2.24, 2.45) is 5.92 Å². The molecule has 124 valence electrons. The summed E-state index contributed by atoms with van der Waals surface area (Å²) >= 11 is 1.45. The molecule has 2 N–H and O–H groups in total. The van der Waals surface area contributed by atoms with Gasteiger partial charge in [0.15, 0.2) is 0 Å². The second-order valence-corrected chi connectivity index (χ2v) is 7.52. The average molecular weight is 342 g/mol. The van der Waals surface area contributed by atoms with Gasteiger partial charge in [-0.3, -0.25) is 9.78 Å². The van der Waals surface area contributed by atoms with Crippen LogP contribution in [0.5, 0.6) is 0 Å². The van der Waals surface area contributed by atoms with Crippen LogP contribution in [-0.4, -0.2) is 21.7 Å². The summed E-state index contributed by atoms with van der Waals surface area (Å²) in [4.78, 5) is 20.6. The predicted molar refractivity (Wildman–Crippen MR) is 94.1 cm³/mol. The molecule has 0 spiro atoms. The van der Waals surface area contributed by atoms with Crippen LogP contribution in [0, 0.1) is 5.92 Å². The normalized spacial score (nSPS) is 20.5. The third kappa shape index (κ3) is 2.22. The Morgan fingerprint density at radius 3 is 2.83 bits per heavy atom. The van der Waals surface area contributed by atoms with Crippen molar-refractivity contribution in [3.63, 3.8) is 0 Å². The van der Waals surface area contributed by atoms with Gasteiger partial charge in [-0.25, -0.2) is 0 Å². The second-order valence-electron chi connectivity index (χ2n) is 6.47. The largest absolute Gasteiger partial charge is 0.381 e. The highest BCUT2D eigenvalue weighted by Gasteiger charge is 2.40. The summed E-state index contributed by atoms with van der Waals surface area (Å²) in [5.41, 5.74) is 1.17. The smallest absolute Gasteiger partial charge is 0.266 e. The van der Waals surface area contributed by atoms with Gasteiger partial charge in [0.1, 0.15) is 10.3 Å². The summed E-state index contributed by atoms with van der Waals surface area (Å²) < 4.78 is 6.32. The van der Waals surface area contributed by atoms with E-state index in [1.807, 2.05) is 32.0 Å². The highest BCUT2D eigenvalue weighted by atomic mass is 32.1. The monoisotopic (exact) mass is 342 g/mol. The first-order valence-electron chi connectivity index (χ1n) is 7.90. The molecule has 0 unspecified atom stereocenters. The van der Waals surface area contributed by atoms with Crippen molar-refractivity contribution >= 4 is 21.4 Å². The number of H-pyrrole nitrogens is 1. The number of nitrogens with zero attached hydrogens (tertiary/aromatic N) is 1. The van der Waals surface area contributed by atoms with E-state index in [-0.39, 0.29) is 18.1 Å². The Balaban J connectivity index is 1.99. The number of pyridine rings is 2. The number of fused-ring (bicyclic) bond motifs is 3. The molecule has 0 aromatic carbocycles. The number of hydrogen-bond donors (Lipinski definition) is 2. The van der Waals surface area contributed by atoms with Crippen LogP contribution in [-0.2, 0) is 16.9 Å². The van der Waals surface area contributed by atoms with Crippen LogP contribution in [0.4, 0.5) is 0 Å². The van der Waals surface area contributed by atoms with Gasteiger partial charge in [0.2, 0.25) is 0 Å². The highest BCUT2D eigenvalue weighted by Crippen LogP contribution is 2.40. The minimum absolute atomic E-state index is 0.0667. The molecule has 0 amide bonds. The Bertz CT molecular complexity index is 962. The number of rotatable bonds is 2. The summed E-state index contributed by atoms with van der Waals surface area (Å²) in [7, 11) is 0. The second kappa shape index (κ2) is 5.51. The lowest BCUT2D eigenvalue weighted by atomic mass is 9.83. The zero-order chi connectivity index (χ0) is 16.9. The van der Waals surface area contributed by atoms with Gasteiger partial charge in [-0.2, -0.15) is 0 Å². The molecule has 0 saturated heterocycles. The van der Waals surface area contributed by atoms with Crippen molar-refractivity contribution < 1.29 is 9.84 Å². The molecule has 0 fully saturated rings. The van der Waals surface area contributed by atoms with Gasteiger partial charge >= 0.3 is 0 Å². The van der Waals surface area contributed by atoms with E-state index in [1.54, 1.807) is 12.4 Å². The molecule has 0 aliphatic carbocycles. The summed E-state index contributed by atoms with van der Waals surface area (Å²) in [6.45, 7) is 4.44. The van der Waals surface area contributed by atoms with Gasteiger partial charge in [-0.1, -0.05) is 13.8 Å². The molecule has 1 aliphatic rings. The first-order valence-corrected chi connectivity index (χ1v) is 8.72. The fourth-order valence-electron chi connectivity index (χ4n) is 3.18. The topological polar surface area (TPSA) is 75.2 Å². The molecule has 3 aromatic heterocycles. The van der Waals surface area contributed by atoms with Crippen LogP contribution in [0.15, 0.2) is 35.4 Å². The van der Waals surface area contributed by atoms with Crippen molar-refractivity contribution in [3.8, 4) is 10.4 Å². The molecular weight excluding hydrogens is 324 g/mol. The number of ether oxygens (including phenoxy) is 1. The Kier molecular flexibility index (Phi) is 3.56. The molecule has 5 nitrogen and oxygen atoms in total. The maximum absolute atomic E-state index is 12.6. The Morgan fingerprint density at radius 1 is 1.38 bits per heavy atom. The first-order chi connectivity index (χ1) is 11.5. The lowest BCUT2D eigenvalue weighted by molar-refractivity contribution is -0.104. The molecule has 1 aliphatic heterocycles. The van der Waals surface area contributed by atoms with Crippen molar-refractivity contribution in [2.75, 3.05) is 6.61 Å². The van der Waals surface area contributed by atoms with E-state index in [2.05, 4.69) is 9.97 Å². The number of hydrogen-bond acceptors (Lipinski definition) is 5. The third-order valence-corrected chi connectivity index (χ3v) is 5.91. The maximum atomic E-state index is 12.6. The lowest BCUT2D eigenvalue weighted by Crippen LogP contribution is -2.43. The number of nitrogens with one attached hydrogen (secondary N) is 1. The average Bonchev–Trinajstić information content (AvgIpc) is 3.03. The van der Waals surface area contributed by atoms with Gasteiger partial charge in [-0.15, -0.1) is 11.3 Å². The van der Waals surface area contributed by atoms with Crippen LogP contribution in [0.2, 0.25) is 0 Å². The molecule has 0 bridgehead atoms. The van der Waals surface area contributed by atoms with E-state index < -0.39 is 5.60 Å². The molecule has 1 atom stereocenters. The molecule has 4 rings (SSSR count). The fraction of sp³-hybridized carbons (Fsp3) is 0.333. The fourth-order valence-corrected chi connectivity index (χ4v) is 4.26. The maximum Gasteiger partial charge on any atom is 0.266 e. The van der Waals surface area contributed by atoms with Crippen LogP contribution in [0.1, 0.15) is 25.1 Å². The minimum atomic E-state index is -1.17. The summed E-state index contributed by atoms with van der Waals surface area (Å²) in [6, 6.07) is 5.86. The zero-order valence-corrected chi connectivity index (χ0v) is 14.3. The lowest BCUT2D eigenvalue weighted by Gasteiger charge is -2.37. The molecule has 6 heteroatoms. The highest BCUT2D eigenvalue weighted by molar-refractivity contribution is 7.22. The molecular formula is C18H18N2O3S. The van der Waals surface area contributed by atoms with Gasteiger partial charge in [0, 0.05) is 28.2 Å². The van der Waals surface area contributed by atoms with Crippen LogP contribution < -0.4 is 5.56 Å². The summed E-state index contributed by atoms with van der Waals surface area (Å²) in [5, 5.41) is 11.9. The van der Waals surface area contributed by atoms with E-state index >= 15 is 0 Å². The standard InChI is InChI=1S/C18H18N2O3S/c1-10(2)18(22)9-23-8-13-12-7-14(11-3-5-19-6-4-11)24-15(12)17(21)20-16(13)18/h3-7,10,22H,8-9H2,1-2H3,(H,20,21)/t18-/m0/s1.